The molecule has 0 aliphatic carbocycles. The Bertz CT molecular complexity index is 820. The molecule has 0 saturated heterocycles. The molecule has 122 valence electrons. The number of anilines is 2. The van der Waals surface area contributed by atoms with Gasteiger partial charge in [0.1, 0.15) is 18.2 Å². The molecule has 0 fully saturated rings. The van der Waals surface area contributed by atoms with Gasteiger partial charge in [-0.3, -0.25) is 9.52 Å². The lowest BCUT2D eigenvalue weighted by Gasteiger charge is -2.10. The highest BCUT2D eigenvalue weighted by Crippen LogP contribution is 2.20. The molecule has 23 heavy (non-hydrogen) atoms. The Morgan fingerprint density at radius 2 is 1.65 bits per heavy atom. The number of carbonyl (C=O) groups excluding carboxylic acids is 1. The van der Waals surface area contributed by atoms with Gasteiger partial charge in [0, 0.05) is 11.8 Å². The summed E-state index contributed by atoms with van der Waals surface area (Å²) in [6.45, 7) is -0.724. The maximum absolute atomic E-state index is 13.1. The molecular weight excluding hydrogens is 330 g/mol. The molecule has 0 atom stereocenters. The van der Waals surface area contributed by atoms with Crippen molar-refractivity contribution in [3.63, 3.8) is 0 Å². The van der Waals surface area contributed by atoms with E-state index in [-0.39, 0.29) is 11.4 Å². The molecule has 0 bridgehead atoms. The van der Waals surface area contributed by atoms with E-state index in [9.17, 15) is 22.0 Å². The Morgan fingerprint density at radius 1 is 1.04 bits per heavy atom. The molecule has 0 spiro atoms. The molecule has 1 amide bonds. The maximum Gasteiger partial charge on any atom is 0.262 e. The average molecular weight is 342 g/mol. The number of aliphatic hydroxyl groups is 1. The van der Waals surface area contributed by atoms with Gasteiger partial charge in [0.25, 0.3) is 10.0 Å². The van der Waals surface area contributed by atoms with Crippen LogP contribution in [0.25, 0.3) is 0 Å². The topological polar surface area (TPSA) is 95.5 Å². The lowest BCUT2D eigenvalue weighted by Crippen LogP contribution is -2.16. The van der Waals surface area contributed by atoms with Crippen molar-refractivity contribution in [1.29, 1.82) is 0 Å². The van der Waals surface area contributed by atoms with E-state index < -0.39 is 39.1 Å². The Labute approximate surface area is 130 Å². The second kappa shape index (κ2) is 6.71. The lowest BCUT2D eigenvalue weighted by atomic mass is 10.3. The van der Waals surface area contributed by atoms with Crippen LogP contribution in [0.2, 0.25) is 0 Å². The van der Waals surface area contributed by atoms with Crippen molar-refractivity contribution in [1.82, 2.24) is 0 Å². The smallest absolute Gasteiger partial charge is 0.262 e. The van der Waals surface area contributed by atoms with Crippen LogP contribution in [0.5, 0.6) is 0 Å². The van der Waals surface area contributed by atoms with Gasteiger partial charge in [-0.2, -0.15) is 0 Å². The fourth-order valence-electron chi connectivity index (χ4n) is 1.76. The number of hydrogen-bond acceptors (Lipinski definition) is 4. The van der Waals surface area contributed by atoms with Gasteiger partial charge in [-0.1, -0.05) is 6.07 Å². The van der Waals surface area contributed by atoms with Gasteiger partial charge in [-0.05, 0) is 30.3 Å². The predicted molar refractivity (Wildman–Crippen MR) is 79.3 cm³/mol. The highest BCUT2D eigenvalue weighted by atomic mass is 32.2. The summed E-state index contributed by atoms with van der Waals surface area (Å²) in [6.07, 6.45) is 0. The number of rotatable bonds is 5. The van der Waals surface area contributed by atoms with E-state index in [1.807, 2.05) is 0 Å². The molecule has 2 aromatic carbocycles. The minimum atomic E-state index is -4.20. The van der Waals surface area contributed by atoms with Gasteiger partial charge < -0.3 is 10.4 Å². The van der Waals surface area contributed by atoms with Gasteiger partial charge in [0.15, 0.2) is 0 Å². The molecule has 0 aliphatic heterocycles. The van der Waals surface area contributed by atoms with Crippen LogP contribution in [0.15, 0.2) is 47.4 Å². The lowest BCUT2D eigenvalue weighted by molar-refractivity contribution is -0.118. The van der Waals surface area contributed by atoms with E-state index in [2.05, 4.69) is 10.0 Å². The SMILES string of the molecule is O=C(CO)Nc1cccc(NS(=O)(=O)c2cc(F)cc(F)c2)c1. The normalized spacial score (nSPS) is 11.1. The first-order valence-corrected chi connectivity index (χ1v) is 7.78. The largest absolute Gasteiger partial charge is 0.387 e. The summed E-state index contributed by atoms with van der Waals surface area (Å²) in [6, 6.07) is 7.54. The number of hydrogen-bond donors (Lipinski definition) is 3. The number of halogens is 2. The molecule has 0 aliphatic rings. The maximum atomic E-state index is 13.1. The van der Waals surface area contributed by atoms with Crippen LogP contribution in [0.4, 0.5) is 20.2 Å². The highest BCUT2D eigenvalue weighted by Gasteiger charge is 2.17. The summed E-state index contributed by atoms with van der Waals surface area (Å²) in [4.78, 5) is 10.5. The van der Waals surface area contributed by atoms with E-state index >= 15 is 0 Å². The quantitative estimate of drug-likeness (QED) is 0.771. The van der Waals surface area contributed by atoms with Crippen LogP contribution in [-0.4, -0.2) is 26.0 Å². The van der Waals surface area contributed by atoms with Crippen LogP contribution in [0, 0.1) is 11.6 Å². The zero-order chi connectivity index (χ0) is 17.0. The third-order valence-corrected chi connectivity index (χ3v) is 4.05. The van der Waals surface area contributed by atoms with Crippen molar-refractivity contribution < 1.29 is 27.1 Å². The minimum Gasteiger partial charge on any atom is -0.387 e. The molecule has 0 heterocycles. The van der Waals surface area contributed by atoms with Crippen LogP contribution >= 0.6 is 0 Å². The molecule has 0 unspecified atom stereocenters. The van der Waals surface area contributed by atoms with E-state index in [0.29, 0.717) is 18.2 Å². The van der Waals surface area contributed by atoms with Gasteiger partial charge in [0.2, 0.25) is 5.91 Å². The molecule has 0 saturated carbocycles. The Kier molecular flexibility index (Phi) is 4.92. The standard InChI is InChI=1S/C14H12F2N2O4S/c15-9-4-10(16)6-13(5-9)23(21,22)18-12-3-1-2-11(7-12)17-14(20)8-19/h1-7,18-19H,8H2,(H,17,20). The zero-order valence-electron chi connectivity index (χ0n) is 11.6. The fraction of sp³-hybridized carbons (Fsp3) is 0.0714. The third-order valence-electron chi connectivity index (χ3n) is 2.69. The van der Waals surface area contributed by atoms with Crippen LogP contribution in [0.1, 0.15) is 0 Å². The van der Waals surface area contributed by atoms with Crippen molar-refractivity contribution in [2.24, 2.45) is 0 Å². The Balaban J connectivity index is 2.27. The van der Waals surface area contributed by atoms with Crippen molar-refractivity contribution in [2.45, 2.75) is 4.90 Å². The molecule has 2 rings (SSSR count). The second-order valence-corrected chi connectivity index (χ2v) is 6.18. The summed E-state index contributed by atoms with van der Waals surface area (Å²) in [5.74, 6) is -2.71. The third kappa shape index (κ3) is 4.47. The molecule has 0 radical (unpaired) electrons. The van der Waals surface area contributed by atoms with E-state index in [0.717, 1.165) is 0 Å². The number of aliphatic hydroxyl groups excluding tert-OH is 1. The van der Waals surface area contributed by atoms with Gasteiger partial charge in [0.05, 0.1) is 10.6 Å². The van der Waals surface area contributed by atoms with Crippen molar-refractivity contribution in [3.05, 3.63) is 54.1 Å². The molecule has 3 N–H and O–H groups in total. The van der Waals surface area contributed by atoms with Crippen molar-refractivity contribution >= 4 is 27.3 Å². The molecule has 9 heteroatoms. The summed E-state index contributed by atoms with van der Waals surface area (Å²) >= 11 is 0. The average Bonchev–Trinajstić information content (AvgIpc) is 2.46. The summed E-state index contributed by atoms with van der Waals surface area (Å²) < 4.78 is 52.7. The molecular formula is C14H12F2N2O4S. The highest BCUT2D eigenvalue weighted by molar-refractivity contribution is 7.92. The molecule has 2 aromatic rings. The minimum absolute atomic E-state index is 0.0745. The van der Waals surface area contributed by atoms with Crippen LogP contribution in [0.3, 0.4) is 0 Å². The van der Waals surface area contributed by atoms with E-state index in [4.69, 9.17) is 5.11 Å². The van der Waals surface area contributed by atoms with Gasteiger partial charge in [-0.25, -0.2) is 17.2 Å². The van der Waals surface area contributed by atoms with Crippen molar-refractivity contribution in [2.75, 3.05) is 16.6 Å². The Hall–Kier alpha value is -2.52. The first-order valence-electron chi connectivity index (χ1n) is 6.30. The summed E-state index contributed by atoms with van der Waals surface area (Å²) in [5, 5.41) is 11.0. The van der Waals surface area contributed by atoms with E-state index in [1.54, 1.807) is 0 Å². The number of carbonyl (C=O) groups is 1. The summed E-state index contributed by atoms with van der Waals surface area (Å²) in [5.41, 5.74) is 0.320. The number of benzene rings is 2. The zero-order valence-corrected chi connectivity index (χ0v) is 12.4. The number of nitrogens with one attached hydrogen (secondary N) is 2. The summed E-state index contributed by atoms with van der Waals surface area (Å²) in [7, 11) is -4.20. The molecule has 0 aromatic heterocycles. The van der Waals surface area contributed by atoms with Crippen molar-refractivity contribution in [3.8, 4) is 0 Å². The predicted octanol–water partition coefficient (Wildman–Crippen LogP) is 1.70. The first kappa shape index (κ1) is 16.8. The van der Waals surface area contributed by atoms with Gasteiger partial charge in [-0.15, -0.1) is 0 Å². The number of sulfonamides is 1. The number of amides is 1. The molecule has 6 nitrogen and oxygen atoms in total. The van der Waals surface area contributed by atoms with Crippen LogP contribution < -0.4 is 10.0 Å². The Morgan fingerprint density at radius 3 is 2.26 bits per heavy atom. The van der Waals surface area contributed by atoms with Gasteiger partial charge >= 0.3 is 0 Å². The monoisotopic (exact) mass is 342 g/mol. The van der Waals surface area contributed by atoms with Crippen LogP contribution in [-0.2, 0) is 14.8 Å². The van der Waals surface area contributed by atoms with E-state index in [1.165, 1.54) is 24.3 Å². The fourth-order valence-corrected chi connectivity index (χ4v) is 2.85. The second-order valence-electron chi connectivity index (χ2n) is 4.50. The first-order chi connectivity index (χ1) is 10.8.